The van der Waals surface area contributed by atoms with E-state index >= 15 is 0 Å². The molecule has 18 heavy (non-hydrogen) atoms. The van der Waals surface area contributed by atoms with Crippen molar-refractivity contribution < 1.29 is 9.47 Å². The van der Waals surface area contributed by atoms with Crippen LogP contribution in [0.1, 0.15) is 6.42 Å². The lowest BCUT2D eigenvalue weighted by molar-refractivity contribution is 0.247. The lowest BCUT2D eigenvalue weighted by Crippen LogP contribution is -2.04. The zero-order valence-corrected chi connectivity index (χ0v) is 10.9. The molecule has 0 fully saturated rings. The summed E-state index contributed by atoms with van der Waals surface area (Å²) in [5, 5.41) is 4.73. The van der Waals surface area contributed by atoms with Crippen LogP contribution in [-0.2, 0) is 7.05 Å². The van der Waals surface area contributed by atoms with Crippen LogP contribution < -0.4 is 9.47 Å². The van der Waals surface area contributed by atoms with Crippen LogP contribution in [0.15, 0.2) is 36.7 Å². The molecule has 0 N–H and O–H groups in total. The van der Waals surface area contributed by atoms with Gasteiger partial charge >= 0.3 is 0 Å². The molecule has 4 nitrogen and oxygen atoms in total. The highest BCUT2D eigenvalue weighted by molar-refractivity contribution is 6.30. The molecule has 0 amide bonds. The monoisotopic (exact) mass is 266 g/mol. The predicted molar refractivity (Wildman–Crippen MR) is 70.3 cm³/mol. The predicted octanol–water partition coefficient (Wildman–Crippen LogP) is 2.92. The van der Waals surface area contributed by atoms with Crippen LogP contribution in [0.4, 0.5) is 0 Å². The molecule has 0 spiro atoms. The molecule has 2 rings (SSSR count). The van der Waals surface area contributed by atoms with Gasteiger partial charge in [-0.3, -0.25) is 4.68 Å². The largest absolute Gasteiger partial charge is 0.493 e. The number of hydrogen-bond acceptors (Lipinski definition) is 3. The lowest BCUT2D eigenvalue weighted by atomic mass is 10.3. The third-order valence-corrected chi connectivity index (χ3v) is 2.57. The number of ether oxygens (including phenoxy) is 2. The number of benzene rings is 1. The number of rotatable bonds is 6. The molecule has 0 saturated carbocycles. The van der Waals surface area contributed by atoms with Gasteiger partial charge in [-0.25, -0.2) is 0 Å². The second-order valence-corrected chi connectivity index (χ2v) is 4.29. The molecular formula is C13H15ClN2O2. The first-order valence-electron chi connectivity index (χ1n) is 5.74. The maximum Gasteiger partial charge on any atom is 0.157 e. The van der Waals surface area contributed by atoms with Crippen molar-refractivity contribution in [1.82, 2.24) is 9.78 Å². The first-order valence-corrected chi connectivity index (χ1v) is 6.11. The second kappa shape index (κ2) is 6.31. The van der Waals surface area contributed by atoms with E-state index < -0.39 is 0 Å². The number of hydrogen-bond donors (Lipinski definition) is 0. The number of halogens is 1. The Morgan fingerprint density at radius 2 is 1.78 bits per heavy atom. The van der Waals surface area contributed by atoms with Gasteiger partial charge in [0.15, 0.2) is 5.75 Å². The first kappa shape index (κ1) is 12.8. The Bertz CT molecular complexity index is 482. The standard InChI is InChI=1S/C13H15ClN2O2/c1-16-10-13(9-15-16)18-8-2-7-17-12-5-3-11(14)4-6-12/h3-6,9-10H,2,7-8H2,1H3. The highest BCUT2D eigenvalue weighted by Gasteiger charge is 1.97. The van der Waals surface area contributed by atoms with E-state index in [9.17, 15) is 0 Å². The summed E-state index contributed by atoms with van der Waals surface area (Å²) >= 11 is 5.78. The molecule has 1 aromatic carbocycles. The minimum absolute atomic E-state index is 0.610. The van der Waals surface area contributed by atoms with Crippen LogP contribution in [0.25, 0.3) is 0 Å². The summed E-state index contributed by atoms with van der Waals surface area (Å²) in [6.45, 7) is 1.22. The van der Waals surface area contributed by atoms with Crippen LogP contribution in [0.5, 0.6) is 11.5 Å². The van der Waals surface area contributed by atoms with E-state index in [1.54, 1.807) is 10.9 Å². The smallest absolute Gasteiger partial charge is 0.157 e. The van der Waals surface area contributed by atoms with Gasteiger partial charge in [-0.05, 0) is 24.3 Å². The maximum atomic E-state index is 5.78. The molecule has 2 aromatic rings. The molecular weight excluding hydrogens is 252 g/mol. The van der Waals surface area contributed by atoms with E-state index in [1.807, 2.05) is 37.5 Å². The van der Waals surface area contributed by atoms with Crippen LogP contribution in [-0.4, -0.2) is 23.0 Å². The minimum Gasteiger partial charge on any atom is -0.493 e. The van der Waals surface area contributed by atoms with Gasteiger partial charge in [0.25, 0.3) is 0 Å². The topological polar surface area (TPSA) is 36.3 Å². The SMILES string of the molecule is Cn1cc(OCCCOc2ccc(Cl)cc2)cn1. The van der Waals surface area contributed by atoms with Crippen molar-refractivity contribution in [2.24, 2.45) is 7.05 Å². The van der Waals surface area contributed by atoms with Gasteiger partial charge in [0.2, 0.25) is 0 Å². The van der Waals surface area contributed by atoms with Crippen molar-refractivity contribution in [1.29, 1.82) is 0 Å². The Morgan fingerprint density at radius 1 is 1.11 bits per heavy atom. The Labute approximate surface area is 111 Å². The van der Waals surface area contributed by atoms with Gasteiger partial charge in [0, 0.05) is 18.5 Å². The highest BCUT2D eigenvalue weighted by atomic mass is 35.5. The van der Waals surface area contributed by atoms with Gasteiger partial charge < -0.3 is 9.47 Å². The molecule has 0 aliphatic carbocycles. The summed E-state index contributed by atoms with van der Waals surface area (Å²) in [6.07, 6.45) is 4.34. The first-order chi connectivity index (χ1) is 8.74. The fraction of sp³-hybridized carbons (Fsp3) is 0.308. The van der Waals surface area contributed by atoms with Gasteiger partial charge in [-0.1, -0.05) is 11.6 Å². The average Bonchev–Trinajstić information content (AvgIpc) is 2.77. The van der Waals surface area contributed by atoms with Crippen molar-refractivity contribution in [3.05, 3.63) is 41.7 Å². The molecule has 1 aromatic heterocycles. The molecule has 5 heteroatoms. The van der Waals surface area contributed by atoms with E-state index in [1.165, 1.54) is 0 Å². The van der Waals surface area contributed by atoms with Crippen molar-refractivity contribution in [2.75, 3.05) is 13.2 Å². The van der Waals surface area contributed by atoms with E-state index in [-0.39, 0.29) is 0 Å². The summed E-state index contributed by atoms with van der Waals surface area (Å²) < 4.78 is 12.8. The number of aromatic nitrogens is 2. The molecule has 0 atom stereocenters. The summed E-state index contributed by atoms with van der Waals surface area (Å²) in [5.74, 6) is 1.60. The molecule has 0 saturated heterocycles. The summed E-state index contributed by atoms with van der Waals surface area (Å²) in [6, 6.07) is 7.32. The Hall–Kier alpha value is -1.68. The summed E-state index contributed by atoms with van der Waals surface area (Å²) in [5.41, 5.74) is 0. The molecule has 0 radical (unpaired) electrons. The molecule has 0 bridgehead atoms. The number of nitrogens with zero attached hydrogens (tertiary/aromatic N) is 2. The van der Waals surface area contributed by atoms with Gasteiger partial charge in [-0.15, -0.1) is 0 Å². The lowest BCUT2D eigenvalue weighted by Gasteiger charge is -2.06. The van der Waals surface area contributed by atoms with E-state index in [0.717, 1.165) is 17.9 Å². The quantitative estimate of drug-likeness (QED) is 0.755. The van der Waals surface area contributed by atoms with Crippen LogP contribution in [0.2, 0.25) is 5.02 Å². The van der Waals surface area contributed by atoms with Crippen molar-refractivity contribution in [2.45, 2.75) is 6.42 Å². The van der Waals surface area contributed by atoms with E-state index in [2.05, 4.69) is 5.10 Å². The van der Waals surface area contributed by atoms with Gasteiger partial charge in [0.1, 0.15) is 5.75 Å². The highest BCUT2D eigenvalue weighted by Crippen LogP contribution is 2.15. The Morgan fingerprint density at radius 3 is 2.39 bits per heavy atom. The third-order valence-electron chi connectivity index (χ3n) is 2.32. The number of aryl methyl sites for hydroxylation is 1. The molecule has 0 aliphatic rings. The van der Waals surface area contributed by atoms with Crippen molar-refractivity contribution >= 4 is 11.6 Å². The van der Waals surface area contributed by atoms with Crippen molar-refractivity contribution in [3.8, 4) is 11.5 Å². The van der Waals surface area contributed by atoms with Crippen LogP contribution >= 0.6 is 11.6 Å². The fourth-order valence-electron chi connectivity index (χ4n) is 1.44. The molecule has 96 valence electrons. The Kier molecular flexibility index (Phi) is 4.47. The molecule has 1 heterocycles. The third kappa shape index (κ3) is 3.96. The van der Waals surface area contributed by atoms with E-state index in [4.69, 9.17) is 21.1 Å². The summed E-state index contributed by atoms with van der Waals surface area (Å²) in [7, 11) is 1.86. The van der Waals surface area contributed by atoms with Crippen LogP contribution in [0, 0.1) is 0 Å². The molecule has 0 aliphatic heterocycles. The zero-order valence-electron chi connectivity index (χ0n) is 10.2. The fourth-order valence-corrected chi connectivity index (χ4v) is 1.57. The average molecular weight is 267 g/mol. The summed E-state index contributed by atoms with van der Waals surface area (Å²) in [4.78, 5) is 0. The Balaban J connectivity index is 1.63. The maximum absolute atomic E-state index is 5.78. The minimum atomic E-state index is 0.610. The second-order valence-electron chi connectivity index (χ2n) is 3.85. The van der Waals surface area contributed by atoms with Crippen LogP contribution in [0.3, 0.4) is 0 Å². The molecule has 0 unspecified atom stereocenters. The van der Waals surface area contributed by atoms with E-state index in [0.29, 0.717) is 18.2 Å². The van der Waals surface area contributed by atoms with Crippen molar-refractivity contribution in [3.63, 3.8) is 0 Å². The normalized spacial score (nSPS) is 10.3. The zero-order chi connectivity index (χ0) is 12.8. The van der Waals surface area contributed by atoms with Gasteiger partial charge in [-0.2, -0.15) is 5.10 Å². The van der Waals surface area contributed by atoms with Gasteiger partial charge in [0.05, 0.1) is 25.6 Å².